The van der Waals surface area contributed by atoms with Crippen molar-refractivity contribution in [2.24, 2.45) is 0 Å². The standard InChI is InChI=1S/2C20H18Cl2N4O2.2CH4/c2*1-12-10-24(11-23-12)17-3-4-18-20(28)25(5-6-26(18)19(17)27)13(2)14-7-15(21)9-16(22)8-14;;/h2*3-4,7-11,13H,5-6H2,1-2H3;2*1H4. The van der Waals surface area contributed by atoms with Crippen molar-refractivity contribution in [1.29, 1.82) is 0 Å². The number of benzene rings is 2. The molecular formula is C42H44Cl4N8O4. The summed E-state index contributed by atoms with van der Waals surface area (Å²) in [5.41, 5.74) is 4.62. The summed E-state index contributed by atoms with van der Waals surface area (Å²) in [6.45, 7) is 9.24. The van der Waals surface area contributed by atoms with Crippen LogP contribution < -0.4 is 11.1 Å². The lowest BCUT2D eigenvalue weighted by Crippen LogP contribution is -2.45. The van der Waals surface area contributed by atoms with E-state index in [0.717, 1.165) is 22.5 Å². The highest BCUT2D eigenvalue weighted by Gasteiger charge is 2.32. The van der Waals surface area contributed by atoms with E-state index in [1.807, 2.05) is 27.7 Å². The Morgan fingerprint density at radius 3 is 1.19 bits per heavy atom. The molecule has 304 valence electrons. The van der Waals surface area contributed by atoms with Gasteiger partial charge in [0.15, 0.2) is 0 Å². The molecule has 0 fully saturated rings. The minimum absolute atomic E-state index is 0. The first-order valence-electron chi connectivity index (χ1n) is 17.7. The Morgan fingerprint density at radius 2 is 0.879 bits per heavy atom. The van der Waals surface area contributed by atoms with E-state index < -0.39 is 0 Å². The van der Waals surface area contributed by atoms with Crippen molar-refractivity contribution >= 4 is 58.2 Å². The van der Waals surface area contributed by atoms with Crippen molar-refractivity contribution in [3.63, 3.8) is 0 Å². The van der Waals surface area contributed by atoms with Crippen molar-refractivity contribution < 1.29 is 9.59 Å². The van der Waals surface area contributed by atoms with Crippen molar-refractivity contribution in [2.75, 3.05) is 13.1 Å². The molecule has 0 saturated heterocycles. The summed E-state index contributed by atoms with van der Waals surface area (Å²) in [6.07, 6.45) is 6.76. The van der Waals surface area contributed by atoms with E-state index in [0.29, 0.717) is 69.0 Å². The molecule has 0 aliphatic carbocycles. The number of hydrogen-bond acceptors (Lipinski definition) is 6. The zero-order valence-electron chi connectivity index (χ0n) is 30.8. The van der Waals surface area contributed by atoms with Gasteiger partial charge in [-0.2, -0.15) is 0 Å². The fourth-order valence-corrected chi connectivity index (χ4v) is 8.18. The number of nitrogens with zero attached hydrogens (tertiary/aromatic N) is 8. The van der Waals surface area contributed by atoms with Crippen molar-refractivity contribution in [2.45, 2.75) is 67.7 Å². The fraction of sp³-hybridized carbons (Fsp3) is 0.286. The van der Waals surface area contributed by atoms with Crippen LogP contribution in [0, 0.1) is 13.8 Å². The molecule has 2 unspecified atom stereocenters. The molecule has 2 aromatic carbocycles. The number of imidazole rings is 2. The Labute approximate surface area is 356 Å². The summed E-state index contributed by atoms with van der Waals surface area (Å²) < 4.78 is 6.42. The highest BCUT2D eigenvalue weighted by Crippen LogP contribution is 2.31. The highest BCUT2D eigenvalue weighted by atomic mass is 35.5. The molecule has 6 heterocycles. The number of carbonyl (C=O) groups is 2. The summed E-state index contributed by atoms with van der Waals surface area (Å²) in [6, 6.07) is 16.8. The van der Waals surface area contributed by atoms with Gasteiger partial charge in [-0.15, -0.1) is 0 Å². The summed E-state index contributed by atoms with van der Waals surface area (Å²) in [5, 5.41) is 2.10. The van der Waals surface area contributed by atoms with E-state index in [4.69, 9.17) is 46.4 Å². The van der Waals surface area contributed by atoms with Gasteiger partial charge < -0.3 is 28.1 Å². The first-order chi connectivity index (χ1) is 26.7. The van der Waals surface area contributed by atoms with E-state index in [9.17, 15) is 19.2 Å². The molecule has 58 heavy (non-hydrogen) atoms. The predicted molar refractivity (Wildman–Crippen MR) is 230 cm³/mol. The zero-order valence-corrected chi connectivity index (χ0v) is 33.8. The van der Waals surface area contributed by atoms with E-state index in [2.05, 4.69) is 9.97 Å². The third-order valence-corrected chi connectivity index (χ3v) is 10.9. The monoisotopic (exact) mass is 864 g/mol. The van der Waals surface area contributed by atoms with Gasteiger partial charge in [0.25, 0.3) is 22.9 Å². The van der Waals surface area contributed by atoms with Crippen LogP contribution in [0.15, 0.2) is 95.3 Å². The maximum Gasteiger partial charge on any atom is 0.275 e. The van der Waals surface area contributed by atoms with Gasteiger partial charge in [-0.05, 0) is 99.5 Å². The Hall–Kier alpha value is -5.14. The third kappa shape index (κ3) is 8.66. The Morgan fingerprint density at radius 1 is 0.534 bits per heavy atom. The molecule has 0 N–H and O–H groups in total. The van der Waals surface area contributed by atoms with Crippen molar-refractivity contribution in [3.05, 3.63) is 160 Å². The second-order valence-electron chi connectivity index (χ2n) is 13.7. The molecule has 0 radical (unpaired) electrons. The van der Waals surface area contributed by atoms with Crippen LogP contribution in [-0.4, -0.2) is 62.9 Å². The maximum atomic E-state index is 13.1. The van der Waals surface area contributed by atoms with Crippen LogP contribution in [0.5, 0.6) is 0 Å². The van der Waals surface area contributed by atoms with E-state index in [1.54, 1.807) is 105 Å². The molecule has 6 aromatic rings. The summed E-state index contributed by atoms with van der Waals surface area (Å²) in [5.74, 6) is -0.388. The third-order valence-electron chi connectivity index (χ3n) is 10.0. The highest BCUT2D eigenvalue weighted by molar-refractivity contribution is 6.35. The largest absolute Gasteiger partial charge is 0.329 e. The van der Waals surface area contributed by atoms with Gasteiger partial charge >= 0.3 is 0 Å². The molecule has 2 aliphatic rings. The number of halogens is 4. The maximum absolute atomic E-state index is 13.1. The van der Waals surface area contributed by atoms with Crippen LogP contribution in [0.1, 0.15) is 84.3 Å². The molecule has 4 aromatic heterocycles. The number of amides is 2. The number of carbonyl (C=O) groups excluding carboxylic acids is 2. The van der Waals surface area contributed by atoms with Gasteiger partial charge in [0.1, 0.15) is 22.8 Å². The van der Waals surface area contributed by atoms with E-state index >= 15 is 0 Å². The fourth-order valence-electron chi connectivity index (χ4n) is 7.09. The molecular weight excluding hydrogens is 822 g/mol. The number of hydrogen-bond donors (Lipinski definition) is 0. The zero-order chi connectivity index (χ0) is 40.0. The molecule has 12 nitrogen and oxygen atoms in total. The number of aryl methyl sites for hydroxylation is 2. The van der Waals surface area contributed by atoms with Crippen LogP contribution in [0.3, 0.4) is 0 Å². The molecule has 2 amide bonds. The SMILES string of the molecule is C.C.Cc1cn(-c2ccc3n(c2=O)CCN(C(C)c2cc(Cl)cc(Cl)c2)C3=O)cn1.Cc1cn(-c2ccc3n(c2=O)CCN(C(C)c2cc(Cl)cc(Cl)c2)C3=O)cn1. The normalized spacial score (nSPS) is 14.3. The van der Waals surface area contributed by atoms with Crippen LogP contribution in [0.25, 0.3) is 11.4 Å². The minimum Gasteiger partial charge on any atom is -0.329 e. The Balaban J connectivity index is 0.000000214. The molecule has 16 heteroatoms. The van der Waals surface area contributed by atoms with E-state index in [1.165, 1.54) is 9.13 Å². The summed E-state index contributed by atoms with van der Waals surface area (Å²) in [4.78, 5) is 63.8. The number of fused-ring (bicyclic) bond motifs is 2. The summed E-state index contributed by atoms with van der Waals surface area (Å²) in [7, 11) is 0. The van der Waals surface area contributed by atoms with Gasteiger partial charge in [-0.1, -0.05) is 61.3 Å². The lowest BCUT2D eigenvalue weighted by Gasteiger charge is -2.34. The second kappa shape index (κ2) is 17.8. The first kappa shape index (κ1) is 44.0. The summed E-state index contributed by atoms with van der Waals surface area (Å²) >= 11 is 24.4. The van der Waals surface area contributed by atoms with E-state index in [-0.39, 0.29) is 49.9 Å². The number of rotatable bonds is 6. The Kier molecular flexibility index (Phi) is 13.5. The molecule has 0 saturated carbocycles. The van der Waals surface area contributed by atoms with Crippen LogP contribution in [-0.2, 0) is 13.1 Å². The number of aromatic nitrogens is 6. The molecule has 8 rings (SSSR count). The van der Waals surface area contributed by atoms with Gasteiger partial charge in [-0.25, -0.2) is 9.97 Å². The van der Waals surface area contributed by atoms with Crippen molar-refractivity contribution in [1.82, 2.24) is 38.0 Å². The minimum atomic E-state index is -0.219. The Bertz CT molecular complexity index is 2410. The quantitative estimate of drug-likeness (QED) is 0.165. The lowest BCUT2D eigenvalue weighted by molar-refractivity contribution is 0.0620. The molecule has 2 aliphatic heterocycles. The molecule has 0 spiro atoms. The molecule has 0 bridgehead atoms. The first-order valence-corrected chi connectivity index (χ1v) is 19.2. The lowest BCUT2D eigenvalue weighted by atomic mass is 10.1. The van der Waals surface area contributed by atoms with Crippen LogP contribution >= 0.6 is 46.4 Å². The smallest absolute Gasteiger partial charge is 0.275 e. The topological polar surface area (TPSA) is 120 Å². The van der Waals surface area contributed by atoms with Crippen LogP contribution in [0.4, 0.5) is 0 Å². The molecule has 2 atom stereocenters. The van der Waals surface area contributed by atoms with Gasteiger partial charge in [0, 0.05) is 58.7 Å². The van der Waals surface area contributed by atoms with Gasteiger partial charge in [-0.3, -0.25) is 19.2 Å². The van der Waals surface area contributed by atoms with Crippen LogP contribution in [0.2, 0.25) is 20.1 Å². The number of pyridine rings is 2. The average Bonchev–Trinajstić information content (AvgIpc) is 3.79. The van der Waals surface area contributed by atoms with Gasteiger partial charge in [0.2, 0.25) is 0 Å². The predicted octanol–water partition coefficient (Wildman–Crippen LogP) is 9.00. The van der Waals surface area contributed by atoms with Crippen molar-refractivity contribution in [3.8, 4) is 11.4 Å². The van der Waals surface area contributed by atoms with Gasteiger partial charge in [0.05, 0.1) is 36.1 Å². The second-order valence-corrected chi connectivity index (χ2v) is 15.5. The average molecular weight is 867 g/mol.